The summed E-state index contributed by atoms with van der Waals surface area (Å²) in [7, 11) is 0. The molecule has 1 amide bonds. The molecule has 0 radical (unpaired) electrons. The van der Waals surface area contributed by atoms with E-state index in [-0.39, 0.29) is 5.91 Å². The van der Waals surface area contributed by atoms with Crippen molar-refractivity contribution in [2.24, 2.45) is 5.41 Å². The van der Waals surface area contributed by atoms with Crippen LogP contribution in [0.15, 0.2) is 24.5 Å². The molecule has 0 fully saturated rings. The minimum Gasteiger partial charge on any atom is -0.619 e. The average molecular weight is 194 g/mol. The van der Waals surface area contributed by atoms with Crippen LogP contribution in [-0.2, 0) is 4.79 Å². The molecule has 0 aromatic carbocycles. The van der Waals surface area contributed by atoms with E-state index in [2.05, 4.69) is 5.32 Å². The van der Waals surface area contributed by atoms with Crippen LogP contribution in [0.25, 0.3) is 0 Å². The van der Waals surface area contributed by atoms with Gasteiger partial charge in [-0.05, 0) is 6.07 Å². The van der Waals surface area contributed by atoms with Crippen molar-refractivity contribution in [2.45, 2.75) is 20.8 Å². The van der Waals surface area contributed by atoms with Crippen molar-refractivity contribution in [3.05, 3.63) is 29.7 Å². The normalized spacial score (nSPS) is 11.1. The summed E-state index contributed by atoms with van der Waals surface area (Å²) >= 11 is 0. The van der Waals surface area contributed by atoms with E-state index in [1.165, 1.54) is 12.4 Å². The van der Waals surface area contributed by atoms with Crippen LogP contribution in [0.3, 0.4) is 0 Å². The molecule has 4 heteroatoms. The summed E-state index contributed by atoms with van der Waals surface area (Å²) in [6, 6.07) is 3.27. The molecule has 0 spiro atoms. The Balaban J connectivity index is 2.75. The highest BCUT2D eigenvalue weighted by Crippen LogP contribution is 2.15. The summed E-state index contributed by atoms with van der Waals surface area (Å²) in [5.74, 6) is -0.108. The lowest BCUT2D eigenvalue weighted by atomic mass is 9.96. The number of pyridine rings is 1. The van der Waals surface area contributed by atoms with Crippen LogP contribution in [0, 0.1) is 10.6 Å². The Bertz CT molecular complexity index is 342. The molecule has 0 saturated carbocycles. The smallest absolute Gasteiger partial charge is 0.229 e. The molecular weight excluding hydrogens is 180 g/mol. The van der Waals surface area contributed by atoms with Gasteiger partial charge in [-0.2, -0.15) is 4.73 Å². The summed E-state index contributed by atoms with van der Waals surface area (Å²) in [4.78, 5) is 11.5. The fourth-order valence-corrected chi connectivity index (χ4v) is 0.847. The third-order valence-corrected chi connectivity index (χ3v) is 1.71. The van der Waals surface area contributed by atoms with Gasteiger partial charge in [0.05, 0.1) is 0 Å². The maximum Gasteiger partial charge on any atom is 0.229 e. The van der Waals surface area contributed by atoms with Crippen LogP contribution in [0.1, 0.15) is 20.8 Å². The van der Waals surface area contributed by atoms with Gasteiger partial charge in [0.1, 0.15) is 5.69 Å². The molecule has 0 aliphatic carbocycles. The van der Waals surface area contributed by atoms with E-state index in [9.17, 15) is 10.0 Å². The molecule has 1 heterocycles. The number of amides is 1. The van der Waals surface area contributed by atoms with Gasteiger partial charge in [-0.3, -0.25) is 4.79 Å². The predicted molar refractivity (Wildman–Crippen MR) is 53.5 cm³/mol. The van der Waals surface area contributed by atoms with Gasteiger partial charge in [0.15, 0.2) is 6.20 Å². The number of hydrogen-bond donors (Lipinski definition) is 1. The maximum atomic E-state index is 11.5. The quantitative estimate of drug-likeness (QED) is 0.541. The molecule has 0 aliphatic rings. The number of nitrogens with one attached hydrogen (secondary N) is 1. The van der Waals surface area contributed by atoms with E-state index in [1.807, 2.05) is 20.8 Å². The molecule has 0 bridgehead atoms. The van der Waals surface area contributed by atoms with Gasteiger partial charge in [-0.25, -0.2) is 0 Å². The summed E-state index contributed by atoms with van der Waals surface area (Å²) < 4.78 is 0.651. The summed E-state index contributed by atoms with van der Waals surface area (Å²) in [6.45, 7) is 5.45. The number of hydrogen-bond acceptors (Lipinski definition) is 2. The third kappa shape index (κ3) is 2.73. The monoisotopic (exact) mass is 194 g/mol. The molecule has 0 aliphatic heterocycles. The second-order valence-corrected chi connectivity index (χ2v) is 4.16. The number of rotatable bonds is 1. The number of carbonyl (C=O) groups is 1. The van der Waals surface area contributed by atoms with E-state index < -0.39 is 5.41 Å². The first-order valence-electron chi connectivity index (χ1n) is 4.40. The maximum absolute atomic E-state index is 11.5. The van der Waals surface area contributed by atoms with E-state index in [0.717, 1.165) is 0 Å². The van der Waals surface area contributed by atoms with Gasteiger partial charge in [0.25, 0.3) is 0 Å². The summed E-state index contributed by atoms with van der Waals surface area (Å²) in [6.07, 6.45) is 2.69. The highest BCUT2D eigenvalue weighted by Gasteiger charge is 2.21. The zero-order valence-electron chi connectivity index (χ0n) is 8.57. The van der Waals surface area contributed by atoms with Gasteiger partial charge in [0, 0.05) is 11.5 Å². The SMILES string of the molecule is CC(C)(C)C(=O)Nc1ccc[n+]([O-])c1. The molecule has 1 aromatic rings. The van der Waals surface area contributed by atoms with Crippen LogP contribution in [-0.4, -0.2) is 5.91 Å². The van der Waals surface area contributed by atoms with E-state index in [1.54, 1.807) is 12.1 Å². The molecule has 14 heavy (non-hydrogen) atoms. The van der Waals surface area contributed by atoms with Crippen LogP contribution < -0.4 is 10.0 Å². The van der Waals surface area contributed by atoms with Crippen molar-refractivity contribution < 1.29 is 9.52 Å². The first-order chi connectivity index (χ1) is 6.39. The Kier molecular flexibility index (Phi) is 2.74. The van der Waals surface area contributed by atoms with Crippen LogP contribution >= 0.6 is 0 Å². The minimum absolute atomic E-state index is 0.108. The highest BCUT2D eigenvalue weighted by molar-refractivity contribution is 5.94. The van der Waals surface area contributed by atoms with E-state index >= 15 is 0 Å². The van der Waals surface area contributed by atoms with Crippen LogP contribution in [0.4, 0.5) is 5.69 Å². The zero-order chi connectivity index (χ0) is 10.8. The van der Waals surface area contributed by atoms with Gasteiger partial charge in [0.2, 0.25) is 12.1 Å². The minimum atomic E-state index is -0.455. The Morgan fingerprint density at radius 3 is 2.64 bits per heavy atom. The van der Waals surface area contributed by atoms with Gasteiger partial charge in [-0.1, -0.05) is 20.8 Å². The van der Waals surface area contributed by atoms with Crippen LogP contribution in [0.5, 0.6) is 0 Å². The average Bonchev–Trinajstić information content (AvgIpc) is 2.02. The van der Waals surface area contributed by atoms with Gasteiger partial charge in [-0.15, -0.1) is 0 Å². The Hall–Kier alpha value is -1.58. The van der Waals surface area contributed by atoms with Crippen molar-refractivity contribution in [1.82, 2.24) is 0 Å². The second kappa shape index (κ2) is 3.65. The number of carbonyl (C=O) groups excluding carboxylic acids is 1. The predicted octanol–water partition coefficient (Wildman–Crippen LogP) is 1.30. The lowest BCUT2D eigenvalue weighted by Crippen LogP contribution is -2.30. The Morgan fingerprint density at radius 1 is 1.50 bits per heavy atom. The molecular formula is C10H14N2O2. The molecule has 0 atom stereocenters. The third-order valence-electron chi connectivity index (χ3n) is 1.71. The van der Waals surface area contributed by atoms with E-state index in [0.29, 0.717) is 10.4 Å². The summed E-state index contributed by atoms with van der Waals surface area (Å²) in [5.41, 5.74) is 0.0613. The Morgan fingerprint density at radius 2 is 2.14 bits per heavy atom. The van der Waals surface area contributed by atoms with Gasteiger partial charge < -0.3 is 10.5 Å². The molecule has 0 saturated heterocycles. The lowest BCUT2D eigenvalue weighted by molar-refractivity contribution is -0.604. The standard InChI is InChI=1S/C10H14N2O2/c1-10(2,3)9(13)11-8-5-4-6-12(14)7-8/h4-7H,1-3H3,(H,11,13). The van der Waals surface area contributed by atoms with Crippen molar-refractivity contribution in [1.29, 1.82) is 0 Å². The number of nitrogens with zero attached hydrogens (tertiary/aromatic N) is 1. The molecule has 4 nitrogen and oxygen atoms in total. The molecule has 1 aromatic heterocycles. The first kappa shape index (κ1) is 10.5. The van der Waals surface area contributed by atoms with Crippen LogP contribution in [0.2, 0.25) is 0 Å². The molecule has 1 N–H and O–H groups in total. The lowest BCUT2D eigenvalue weighted by Gasteiger charge is -2.16. The largest absolute Gasteiger partial charge is 0.619 e. The topological polar surface area (TPSA) is 56.0 Å². The first-order valence-corrected chi connectivity index (χ1v) is 4.40. The molecule has 76 valence electrons. The van der Waals surface area contributed by atoms with Gasteiger partial charge >= 0.3 is 0 Å². The van der Waals surface area contributed by atoms with Crippen molar-refractivity contribution in [3.8, 4) is 0 Å². The highest BCUT2D eigenvalue weighted by atomic mass is 16.5. The summed E-state index contributed by atoms with van der Waals surface area (Å²) in [5, 5.41) is 13.5. The number of anilines is 1. The molecule has 0 unspecified atom stereocenters. The fourth-order valence-electron chi connectivity index (χ4n) is 0.847. The fraction of sp³-hybridized carbons (Fsp3) is 0.400. The molecule has 1 rings (SSSR count). The Labute approximate surface area is 83.1 Å². The zero-order valence-corrected chi connectivity index (χ0v) is 8.57. The van der Waals surface area contributed by atoms with E-state index in [4.69, 9.17) is 0 Å². The van der Waals surface area contributed by atoms with Crippen molar-refractivity contribution >= 4 is 11.6 Å². The second-order valence-electron chi connectivity index (χ2n) is 4.16. The van der Waals surface area contributed by atoms with Crippen molar-refractivity contribution in [3.63, 3.8) is 0 Å². The van der Waals surface area contributed by atoms with Crippen molar-refractivity contribution in [2.75, 3.05) is 5.32 Å². The number of aromatic nitrogens is 1.